The molecule has 0 fully saturated rings. The molecule has 1 aromatic carbocycles. The van der Waals surface area contributed by atoms with E-state index in [1.807, 2.05) is 30.3 Å². The van der Waals surface area contributed by atoms with E-state index in [0.29, 0.717) is 6.61 Å². The summed E-state index contributed by atoms with van der Waals surface area (Å²) in [6.45, 7) is 2.41. The number of hydrogen-bond acceptors (Lipinski definition) is 3. The van der Waals surface area contributed by atoms with E-state index in [-0.39, 0.29) is 18.6 Å². The second-order valence-corrected chi connectivity index (χ2v) is 6.09. The van der Waals surface area contributed by atoms with Crippen LogP contribution in [-0.2, 0) is 16.0 Å². The molecule has 2 atom stereocenters. The number of benzene rings is 1. The molecule has 0 aromatic heterocycles. The summed E-state index contributed by atoms with van der Waals surface area (Å²) in [5, 5.41) is 12.0. The van der Waals surface area contributed by atoms with E-state index in [1.54, 1.807) is 21.1 Å². The summed E-state index contributed by atoms with van der Waals surface area (Å²) < 4.78 is 5.09. The highest BCUT2D eigenvalue weighted by Crippen LogP contribution is 2.09. The van der Waals surface area contributed by atoms with Crippen molar-refractivity contribution in [3.8, 4) is 0 Å². The van der Waals surface area contributed by atoms with Crippen molar-refractivity contribution in [1.29, 1.82) is 0 Å². The zero-order valence-corrected chi connectivity index (χ0v) is 14.7. The maximum atomic E-state index is 12.3. The largest absolute Gasteiger partial charge is 0.481 e. The third-order valence-corrected chi connectivity index (χ3v) is 3.87. The number of nitrogens with one attached hydrogen (secondary N) is 1. The van der Waals surface area contributed by atoms with Crippen molar-refractivity contribution in [2.75, 3.05) is 27.3 Å². The standard InChI is InChI=1S/C18H28N2O4/c1-14(17(21)22)13-20(2)18(23)19-16(10-7-11-24-3)12-15-8-5-4-6-9-15/h4-6,8-9,14,16H,7,10-13H2,1-3H3,(H,19,23)(H,21,22). The van der Waals surface area contributed by atoms with Gasteiger partial charge in [0, 0.05) is 33.4 Å². The van der Waals surface area contributed by atoms with Crippen LogP contribution in [0.2, 0.25) is 0 Å². The van der Waals surface area contributed by atoms with Crippen LogP contribution in [0.25, 0.3) is 0 Å². The number of aliphatic carboxylic acids is 1. The number of carbonyl (C=O) groups excluding carboxylic acids is 1. The molecular weight excluding hydrogens is 308 g/mol. The van der Waals surface area contributed by atoms with Gasteiger partial charge in [0.25, 0.3) is 0 Å². The predicted octanol–water partition coefficient (Wildman–Crippen LogP) is 2.39. The van der Waals surface area contributed by atoms with Crippen LogP contribution < -0.4 is 5.32 Å². The van der Waals surface area contributed by atoms with Gasteiger partial charge in [-0.1, -0.05) is 37.3 Å². The van der Waals surface area contributed by atoms with Crippen LogP contribution in [0.5, 0.6) is 0 Å². The molecule has 0 radical (unpaired) electrons. The number of urea groups is 1. The Bertz CT molecular complexity index is 507. The molecule has 0 aliphatic carbocycles. The van der Waals surface area contributed by atoms with E-state index in [9.17, 15) is 9.59 Å². The summed E-state index contributed by atoms with van der Waals surface area (Å²) in [4.78, 5) is 24.7. The lowest BCUT2D eigenvalue weighted by atomic mass is 10.0. The number of nitrogens with zero attached hydrogens (tertiary/aromatic N) is 1. The number of amides is 2. The Morgan fingerprint density at radius 3 is 2.54 bits per heavy atom. The highest BCUT2D eigenvalue weighted by atomic mass is 16.5. The van der Waals surface area contributed by atoms with Crippen LogP contribution in [0, 0.1) is 5.92 Å². The highest BCUT2D eigenvalue weighted by Gasteiger charge is 2.20. The summed E-state index contributed by atoms with van der Waals surface area (Å²) in [6.07, 6.45) is 2.39. The van der Waals surface area contributed by atoms with Crippen LogP contribution in [0.1, 0.15) is 25.3 Å². The second kappa shape index (κ2) is 10.6. The summed E-state index contributed by atoms with van der Waals surface area (Å²) in [5.41, 5.74) is 1.15. The van der Waals surface area contributed by atoms with E-state index < -0.39 is 11.9 Å². The van der Waals surface area contributed by atoms with Gasteiger partial charge in [0.05, 0.1) is 5.92 Å². The van der Waals surface area contributed by atoms with Crippen molar-refractivity contribution in [3.05, 3.63) is 35.9 Å². The van der Waals surface area contributed by atoms with Gasteiger partial charge in [0.15, 0.2) is 0 Å². The van der Waals surface area contributed by atoms with Crippen molar-refractivity contribution in [2.45, 2.75) is 32.2 Å². The van der Waals surface area contributed by atoms with Crippen LogP contribution in [0.4, 0.5) is 4.79 Å². The maximum absolute atomic E-state index is 12.3. The first-order valence-corrected chi connectivity index (χ1v) is 8.21. The number of carbonyl (C=O) groups is 2. The number of carboxylic acid groups (broad SMARTS) is 1. The molecule has 0 saturated heterocycles. The fraction of sp³-hybridized carbons (Fsp3) is 0.556. The van der Waals surface area contributed by atoms with Crippen LogP contribution >= 0.6 is 0 Å². The summed E-state index contributed by atoms with van der Waals surface area (Å²) >= 11 is 0. The molecule has 134 valence electrons. The third-order valence-electron chi connectivity index (χ3n) is 3.87. The molecule has 0 spiro atoms. The van der Waals surface area contributed by atoms with Gasteiger partial charge in [-0.2, -0.15) is 0 Å². The molecule has 1 rings (SSSR count). The topological polar surface area (TPSA) is 78.9 Å². The van der Waals surface area contributed by atoms with Gasteiger partial charge in [-0.05, 0) is 24.8 Å². The predicted molar refractivity (Wildman–Crippen MR) is 93.0 cm³/mol. The molecule has 6 heteroatoms. The average Bonchev–Trinajstić information content (AvgIpc) is 2.55. The molecule has 0 aliphatic heterocycles. The monoisotopic (exact) mass is 336 g/mol. The first-order valence-electron chi connectivity index (χ1n) is 8.21. The zero-order chi connectivity index (χ0) is 17.9. The third kappa shape index (κ3) is 7.46. The molecular formula is C18H28N2O4. The van der Waals surface area contributed by atoms with Gasteiger partial charge in [0.1, 0.15) is 0 Å². The fourth-order valence-corrected chi connectivity index (χ4v) is 2.45. The minimum absolute atomic E-state index is 0.0161. The van der Waals surface area contributed by atoms with E-state index in [1.165, 1.54) is 4.90 Å². The number of ether oxygens (including phenoxy) is 1. The van der Waals surface area contributed by atoms with E-state index in [2.05, 4.69) is 5.32 Å². The Labute approximate surface area is 143 Å². The Morgan fingerprint density at radius 2 is 1.96 bits per heavy atom. The SMILES string of the molecule is COCCCC(Cc1ccccc1)NC(=O)N(C)CC(C)C(=O)O. The summed E-state index contributed by atoms with van der Waals surface area (Å²) in [6, 6.07) is 9.72. The van der Waals surface area contributed by atoms with Gasteiger partial charge in [-0.15, -0.1) is 0 Å². The molecule has 2 amide bonds. The Balaban J connectivity index is 2.61. The van der Waals surface area contributed by atoms with Crippen molar-refractivity contribution in [1.82, 2.24) is 10.2 Å². The van der Waals surface area contributed by atoms with Gasteiger partial charge in [0.2, 0.25) is 0 Å². The minimum atomic E-state index is -0.907. The lowest BCUT2D eigenvalue weighted by Gasteiger charge is -2.25. The highest BCUT2D eigenvalue weighted by molar-refractivity contribution is 5.76. The quantitative estimate of drug-likeness (QED) is 0.643. The van der Waals surface area contributed by atoms with E-state index in [4.69, 9.17) is 9.84 Å². The first kappa shape index (κ1) is 20.0. The van der Waals surface area contributed by atoms with Gasteiger partial charge in [-0.25, -0.2) is 4.79 Å². The van der Waals surface area contributed by atoms with Gasteiger partial charge < -0.3 is 20.1 Å². The number of carboxylic acids is 1. The Hall–Kier alpha value is -2.08. The van der Waals surface area contributed by atoms with Gasteiger partial charge in [-0.3, -0.25) is 4.79 Å². The lowest BCUT2D eigenvalue weighted by Crippen LogP contribution is -2.46. The molecule has 0 heterocycles. The van der Waals surface area contributed by atoms with Crippen molar-refractivity contribution >= 4 is 12.0 Å². The molecule has 0 saturated carbocycles. The molecule has 2 N–H and O–H groups in total. The Morgan fingerprint density at radius 1 is 1.29 bits per heavy atom. The van der Waals surface area contributed by atoms with E-state index >= 15 is 0 Å². The van der Waals surface area contributed by atoms with E-state index in [0.717, 1.165) is 24.8 Å². The van der Waals surface area contributed by atoms with Crippen LogP contribution in [-0.4, -0.2) is 55.4 Å². The van der Waals surface area contributed by atoms with Crippen molar-refractivity contribution in [3.63, 3.8) is 0 Å². The number of rotatable bonds is 10. The lowest BCUT2D eigenvalue weighted by molar-refractivity contribution is -0.141. The van der Waals surface area contributed by atoms with Gasteiger partial charge >= 0.3 is 12.0 Å². The fourth-order valence-electron chi connectivity index (χ4n) is 2.45. The molecule has 1 aromatic rings. The first-order chi connectivity index (χ1) is 11.4. The smallest absolute Gasteiger partial charge is 0.317 e. The second-order valence-electron chi connectivity index (χ2n) is 6.09. The molecule has 0 bridgehead atoms. The number of methoxy groups -OCH3 is 1. The summed E-state index contributed by atoms with van der Waals surface area (Å²) in [5.74, 6) is -1.50. The normalized spacial score (nSPS) is 13.1. The number of hydrogen-bond donors (Lipinski definition) is 2. The zero-order valence-electron chi connectivity index (χ0n) is 14.7. The molecule has 24 heavy (non-hydrogen) atoms. The molecule has 2 unspecified atom stereocenters. The average molecular weight is 336 g/mol. The van der Waals surface area contributed by atoms with Crippen molar-refractivity contribution < 1.29 is 19.4 Å². The summed E-state index contributed by atoms with van der Waals surface area (Å²) in [7, 11) is 3.27. The Kier molecular flexibility index (Phi) is 8.86. The molecule has 6 nitrogen and oxygen atoms in total. The maximum Gasteiger partial charge on any atom is 0.317 e. The van der Waals surface area contributed by atoms with Crippen molar-refractivity contribution in [2.24, 2.45) is 5.92 Å². The minimum Gasteiger partial charge on any atom is -0.481 e. The molecule has 0 aliphatic rings. The van der Waals surface area contributed by atoms with Crippen LogP contribution in [0.15, 0.2) is 30.3 Å². The van der Waals surface area contributed by atoms with Crippen LogP contribution in [0.3, 0.4) is 0 Å².